The number of hydrogen-bond acceptors (Lipinski definition) is 7. The quantitative estimate of drug-likeness (QED) is 0.0211. The van der Waals surface area contributed by atoms with Crippen LogP contribution in [0.3, 0.4) is 0 Å². The van der Waals surface area contributed by atoms with Crippen molar-refractivity contribution in [1.29, 1.82) is 0 Å². The molecule has 10 heteroatoms. The summed E-state index contributed by atoms with van der Waals surface area (Å²) in [6, 6.07) is 0. The van der Waals surface area contributed by atoms with Gasteiger partial charge in [0.25, 0.3) is 0 Å². The number of quaternary nitrogens is 1. The molecule has 9 nitrogen and oxygen atoms in total. The third-order valence-electron chi connectivity index (χ3n) is 19.1. The van der Waals surface area contributed by atoms with Crippen molar-refractivity contribution in [1.82, 2.24) is 0 Å². The molecule has 0 fully saturated rings. The molecule has 1 N–H and O–H groups in total. The van der Waals surface area contributed by atoms with Crippen molar-refractivity contribution in [3.05, 3.63) is 36.5 Å². The summed E-state index contributed by atoms with van der Waals surface area (Å²) >= 11 is 0. The molecule has 0 aliphatic rings. The van der Waals surface area contributed by atoms with E-state index in [-0.39, 0.29) is 25.6 Å². The number of esters is 2. The molecule has 0 aliphatic carbocycles. The standard InChI is InChI=1S/C84H162NO8P/c1-6-8-10-12-14-16-18-20-22-24-26-28-30-32-34-36-38-39-40-41-42-43-44-45-47-49-51-53-55-57-59-61-63-65-67-69-71-73-75-77-84(87)93-82(81-92-94(88,89)91-79-78-85(3,4)5)80-90-83(86)76-74-72-70-68-66-64-62-60-58-56-54-52-50-48-46-37-35-33-31-29-27-25-23-21-19-17-15-13-11-9-7-2/h18,20,24-27,82H,6-17,19,21-23,28-81H2,1-5H3/p+1/b20-18-,26-24-,27-25-. The SMILES string of the molecule is CCCCCCC/C=C\C/C=C\CCCCCCCCCCCCCCCCCCCCCCCCCCCCCC(=O)OC(COC(=O)CCCCCCCCCCCCCCCCCCCCC/C=C\CCCCCCCCCC)COP(=O)(O)OCC[N+](C)(C)C. The Kier molecular flexibility index (Phi) is 74.0. The molecule has 0 heterocycles. The average Bonchev–Trinajstić information content (AvgIpc) is 1.56. The topological polar surface area (TPSA) is 108 Å². The van der Waals surface area contributed by atoms with Crippen LogP contribution in [-0.4, -0.2) is 74.9 Å². The first-order valence-electron chi connectivity index (χ1n) is 41.7. The second kappa shape index (κ2) is 75.4. The molecule has 0 rings (SSSR count). The van der Waals surface area contributed by atoms with Crippen LogP contribution >= 0.6 is 7.82 Å². The minimum atomic E-state index is -4.39. The van der Waals surface area contributed by atoms with Gasteiger partial charge in [0.2, 0.25) is 0 Å². The van der Waals surface area contributed by atoms with Crippen molar-refractivity contribution in [3.8, 4) is 0 Å². The number of carbonyl (C=O) groups excluding carboxylic acids is 2. The fourth-order valence-electron chi connectivity index (χ4n) is 12.8. The molecule has 0 saturated carbocycles. The first kappa shape index (κ1) is 92.2. The highest BCUT2D eigenvalue weighted by Gasteiger charge is 2.27. The normalized spacial score (nSPS) is 13.1. The maximum atomic E-state index is 12.9. The number of rotatable bonds is 79. The Morgan fingerprint density at radius 1 is 0.330 bits per heavy atom. The lowest BCUT2D eigenvalue weighted by Crippen LogP contribution is -2.37. The number of nitrogens with zero attached hydrogens (tertiary/aromatic N) is 1. The van der Waals surface area contributed by atoms with Gasteiger partial charge in [-0.3, -0.25) is 18.6 Å². The smallest absolute Gasteiger partial charge is 0.462 e. The number of hydrogen-bond donors (Lipinski definition) is 1. The Labute approximate surface area is 586 Å². The molecular formula is C84H163NO8P+. The molecule has 2 unspecified atom stereocenters. The highest BCUT2D eigenvalue weighted by Crippen LogP contribution is 2.43. The van der Waals surface area contributed by atoms with E-state index in [2.05, 4.69) is 50.3 Å². The lowest BCUT2D eigenvalue weighted by atomic mass is 10.0. The van der Waals surface area contributed by atoms with E-state index < -0.39 is 26.5 Å². The van der Waals surface area contributed by atoms with E-state index in [4.69, 9.17) is 18.5 Å². The summed E-state index contributed by atoms with van der Waals surface area (Å²) in [5.41, 5.74) is 0. The fourth-order valence-corrected chi connectivity index (χ4v) is 13.5. The molecule has 2 atom stereocenters. The summed E-state index contributed by atoms with van der Waals surface area (Å²) in [6.07, 6.45) is 98.9. The lowest BCUT2D eigenvalue weighted by molar-refractivity contribution is -0.870. The number of carbonyl (C=O) groups is 2. The van der Waals surface area contributed by atoms with Crippen LogP contribution in [0.1, 0.15) is 438 Å². The van der Waals surface area contributed by atoms with Crippen LogP contribution in [-0.2, 0) is 32.7 Å². The molecule has 0 spiro atoms. The lowest BCUT2D eigenvalue weighted by Gasteiger charge is -2.24. The van der Waals surface area contributed by atoms with Gasteiger partial charge in [0.1, 0.15) is 19.8 Å². The second-order valence-electron chi connectivity index (χ2n) is 29.9. The van der Waals surface area contributed by atoms with Crippen molar-refractivity contribution in [2.45, 2.75) is 444 Å². The summed E-state index contributed by atoms with van der Waals surface area (Å²) in [5, 5.41) is 0. The zero-order chi connectivity index (χ0) is 68.3. The first-order chi connectivity index (χ1) is 46.0. The number of likely N-dealkylation sites (N-methyl/N-ethyl adjacent to an activating group) is 1. The van der Waals surface area contributed by atoms with Gasteiger partial charge in [-0.25, -0.2) is 4.57 Å². The van der Waals surface area contributed by atoms with Crippen LogP contribution in [0.4, 0.5) is 0 Å². The van der Waals surface area contributed by atoms with Crippen LogP contribution in [0, 0.1) is 0 Å². The Hall–Kier alpha value is -1.77. The van der Waals surface area contributed by atoms with E-state index in [9.17, 15) is 19.0 Å². The van der Waals surface area contributed by atoms with Gasteiger partial charge in [-0.2, -0.15) is 0 Å². The van der Waals surface area contributed by atoms with E-state index >= 15 is 0 Å². The third kappa shape index (κ3) is 79.2. The molecule has 0 aromatic rings. The highest BCUT2D eigenvalue weighted by molar-refractivity contribution is 7.47. The number of phosphoric ester groups is 1. The molecule has 0 saturated heterocycles. The van der Waals surface area contributed by atoms with Gasteiger partial charge < -0.3 is 18.9 Å². The monoisotopic (exact) mass is 1350 g/mol. The van der Waals surface area contributed by atoms with Crippen molar-refractivity contribution in [3.63, 3.8) is 0 Å². The van der Waals surface area contributed by atoms with Crippen LogP contribution in [0.2, 0.25) is 0 Å². The molecule has 0 aliphatic heterocycles. The second-order valence-corrected chi connectivity index (χ2v) is 31.3. The van der Waals surface area contributed by atoms with Gasteiger partial charge >= 0.3 is 19.8 Å². The van der Waals surface area contributed by atoms with Crippen LogP contribution < -0.4 is 0 Å². The molecule has 0 aromatic carbocycles. The van der Waals surface area contributed by atoms with E-state index in [0.717, 1.165) is 44.9 Å². The van der Waals surface area contributed by atoms with Gasteiger partial charge in [-0.1, -0.05) is 391 Å². The van der Waals surface area contributed by atoms with E-state index in [1.54, 1.807) is 0 Å². The minimum absolute atomic E-state index is 0.0357. The van der Waals surface area contributed by atoms with Crippen LogP contribution in [0.5, 0.6) is 0 Å². The van der Waals surface area contributed by atoms with Crippen molar-refractivity contribution in [2.75, 3.05) is 47.5 Å². The van der Waals surface area contributed by atoms with Gasteiger partial charge in [-0.05, 0) is 70.6 Å². The van der Waals surface area contributed by atoms with Crippen molar-refractivity contribution < 1.29 is 42.1 Å². The zero-order valence-electron chi connectivity index (χ0n) is 63.7. The summed E-state index contributed by atoms with van der Waals surface area (Å²) in [6.45, 7) is 4.51. The van der Waals surface area contributed by atoms with Gasteiger partial charge in [-0.15, -0.1) is 0 Å². The number of unbranched alkanes of at least 4 members (excludes halogenated alkanes) is 59. The molecule has 0 bridgehead atoms. The average molecular weight is 1350 g/mol. The fraction of sp³-hybridized carbons (Fsp3) is 0.905. The summed E-state index contributed by atoms with van der Waals surface area (Å²) < 4.78 is 34.9. The van der Waals surface area contributed by atoms with Crippen LogP contribution in [0.25, 0.3) is 0 Å². The molecule has 0 radical (unpaired) electrons. The third-order valence-corrected chi connectivity index (χ3v) is 20.1. The Morgan fingerprint density at radius 3 is 0.851 bits per heavy atom. The summed E-state index contributed by atoms with van der Waals surface area (Å²) in [5.74, 6) is -0.769. The Balaban J connectivity index is 3.87. The maximum Gasteiger partial charge on any atom is 0.472 e. The maximum absolute atomic E-state index is 12.9. The number of allylic oxidation sites excluding steroid dienone is 6. The molecule has 0 amide bonds. The summed E-state index contributed by atoms with van der Waals surface area (Å²) in [4.78, 5) is 36.0. The largest absolute Gasteiger partial charge is 0.472 e. The van der Waals surface area contributed by atoms with E-state index in [1.165, 1.54) is 366 Å². The van der Waals surface area contributed by atoms with E-state index in [1.807, 2.05) is 21.1 Å². The Morgan fingerprint density at radius 2 is 0.574 bits per heavy atom. The molecule has 0 aromatic heterocycles. The number of phosphoric acid groups is 1. The van der Waals surface area contributed by atoms with Gasteiger partial charge in [0.05, 0.1) is 27.7 Å². The summed E-state index contributed by atoms with van der Waals surface area (Å²) in [7, 11) is 1.50. The first-order valence-corrected chi connectivity index (χ1v) is 43.2. The molecular weight excluding hydrogens is 1180 g/mol. The van der Waals surface area contributed by atoms with Crippen LogP contribution in [0.15, 0.2) is 36.5 Å². The molecule has 94 heavy (non-hydrogen) atoms. The van der Waals surface area contributed by atoms with Crippen molar-refractivity contribution in [2.24, 2.45) is 0 Å². The highest BCUT2D eigenvalue weighted by atomic mass is 31.2. The predicted molar refractivity (Wildman–Crippen MR) is 409 cm³/mol. The van der Waals surface area contributed by atoms with E-state index in [0.29, 0.717) is 17.4 Å². The minimum Gasteiger partial charge on any atom is -0.462 e. The number of ether oxygens (including phenoxy) is 2. The van der Waals surface area contributed by atoms with Gasteiger partial charge in [0.15, 0.2) is 6.10 Å². The zero-order valence-corrected chi connectivity index (χ0v) is 64.6. The Bertz CT molecular complexity index is 1680. The molecule has 556 valence electrons. The van der Waals surface area contributed by atoms with Crippen molar-refractivity contribution >= 4 is 19.8 Å². The predicted octanol–water partition coefficient (Wildman–Crippen LogP) is 27.7. The van der Waals surface area contributed by atoms with Gasteiger partial charge in [0, 0.05) is 12.8 Å².